The molecule has 2 heterocycles. The van der Waals surface area contributed by atoms with Crippen molar-refractivity contribution in [3.8, 4) is 0 Å². The molecule has 0 spiro atoms. The van der Waals surface area contributed by atoms with Gasteiger partial charge >= 0.3 is 0 Å². The van der Waals surface area contributed by atoms with Gasteiger partial charge in [-0.3, -0.25) is 14.4 Å². The van der Waals surface area contributed by atoms with E-state index in [9.17, 15) is 4.79 Å². The van der Waals surface area contributed by atoms with Gasteiger partial charge in [-0.05, 0) is 26.8 Å². The molecule has 2 rings (SSSR count). The zero-order valence-electron chi connectivity index (χ0n) is 13.3. The van der Waals surface area contributed by atoms with Gasteiger partial charge in [0.1, 0.15) is 0 Å². The largest absolute Gasteiger partial charge is 0.379 e. The minimum atomic E-state index is 0.0864. The first-order valence-corrected chi connectivity index (χ1v) is 7.65. The molecule has 0 radical (unpaired) electrons. The fourth-order valence-electron chi connectivity index (χ4n) is 2.67. The molecule has 6 nitrogen and oxygen atoms in total. The normalized spacial score (nSPS) is 17.7. The van der Waals surface area contributed by atoms with Gasteiger partial charge in [0.05, 0.1) is 18.9 Å². The van der Waals surface area contributed by atoms with Gasteiger partial charge in [0.15, 0.2) is 0 Å². The van der Waals surface area contributed by atoms with E-state index in [1.165, 1.54) is 0 Å². The fraction of sp³-hybridized carbons (Fsp3) is 0.733. The minimum Gasteiger partial charge on any atom is -0.379 e. The predicted octanol–water partition coefficient (Wildman–Crippen LogP) is 0.727. The van der Waals surface area contributed by atoms with Crippen LogP contribution in [0.25, 0.3) is 0 Å². The average Bonchev–Trinajstić information content (AvgIpc) is 2.75. The summed E-state index contributed by atoms with van der Waals surface area (Å²) < 4.78 is 7.21. The van der Waals surface area contributed by atoms with E-state index in [1.54, 1.807) is 0 Å². The molecule has 0 bridgehead atoms. The van der Waals surface area contributed by atoms with E-state index in [-0.39, 0.29) is 11.9 Å². The first-order chi connectivity index (χ1) is 10.0. The second kappa shape index (κ2) is 7.56. The molecule has 0 aromatic carbocycles. The summed E-state index contributed by atoms with van der Waals surface area (Å²) in [5.74, 6) is 0.0864. The van der Waals surface area contributed by atoms with E-state index in [2.05, 4.69) is 22.2 Å². The zero-order chi connectivity index (χ0) is 15.2. The van der Waals surface area contributed by atoms with Gasteiger partial charge in [-0.2, -0.15) is 5.10 Å². The van der Waals surface area contributed by atoms with Crippen LogP contribution in [0.5, 0.6) is 0 Å². The van der Waals surface area contributed by atoms with Crippen LogP contribution in [0.15, 0.2) is 6.07 Å². The molecule has 1 atom stereocenters. The van der Waals surface area contributed by atoms with Crippen molar-refractivity contribution in [2.45, 2.75) is 39.8 Å². The summed E-state index contributed by atoms with van der Waals surface area (Å²) in [5, 5.41) is 7.43. The fourth-order valence-corrected chi connectivity index (χ4v) is 2.67. The predicted molar refractivity (Wildman–Crippen MR) is 81.2 cm³/mol. The average molecular weight is 294 g/mol. The van der Waals surface area contributed by atoms with Crippen molar-refractivity contribution in [1.29, 1.82) is 0 Å². The maximum absolute atomic E-state index is 12.0. The lowest BCUT2D eigenvalue weighted by atomic mass is 10.2. The number of carbonyl (C=O) groups is 1. The van der Waals surface area contributed by atoms with E-state index in [0.29, 0.717) is 13.0 Å². The number of hydrogen-bond acceptors (Lipinski definition) is 4. The van der Waals surface area contributed by atoms with Crippen LogP contribution >= 0.6 is 0 Å². The molecule has 1 aromatic rings. The van der Waals surface area contributed by atoms with E-state index < -0.39 is 0 Å². The standard InChI is InChI=1S/C15H26N4O2/c1-12-10-14(3)19(17-12)5-4-15(20)16-13(2)11-18-6-8-21-9-7-18/h10,13H,4-9,11H2,1-3H3,(H,16,20). The Balaban J connectivity index is 1.69. The van der Waals surface area contributed by atoms with Crippen LogP contribution < -0.4 is 5.32 Å². The van der Waals surface area contributed by atoms with Gasteiger partial charge < -0.3 is 10.1 Å². The number of nitrogens with zero attached hydrogens (tertiary/aromatic N) is 3. The smallest absolute Gasteiger partial charge is 0.222 e. The summed E-state index contributed by atoms with van der Waals surface area (Å²) in [4.78, 5) is 14.3. The van der Waals surface area contributed by atoms with Gasteiger partial charge in [-0.1, -0.05) is 0 Å². The van der Waals surface area contributed by atoms with Crippen LogP contribution in [0.1, 0.15) is 24.7 Å². The van der Waals surface area contributed by atoms with Crippen molar-refractivity contribution in [1.82, 2.24) is 20.0 Å². The number of hydrogen-bond donors (Lipinski definition) is 1. The van der Waals surface area contributed by atoms with E-state index in [1.807, 2.05) is 24.6 Å². The highest BCUT2D eigenvalue weighted by Gasteiger charge is 2.15. The number of carbonyl (C=O) groups excluding carboxylic acids is 1. The van der Waals surface area contributed by atoms with Crippen molar-refractivity contribution in [2.24, 2.45) is 0 Å². The summed E-state index contributed by atoms with van der Waals surface area (Å²) in [6.45, 7) is 11.0. The molecule has 1 saturated heterocycles. The molecule has 1 fully saturated rings. The Kier molecular flexibility index (Phi) is 5.76. The molecular weight excluding hydrogens is 268 g/mol. The van der Waals surface area contributed by atoms with Gasteiger partial charge in [0.25, 0.3) is 0 Å². The van der Waals surface area contributed by atoms with Gasteiger partial charge in [0, 0.05) is 44.3 Å². The van der Waals surface area contributed by atoms with Crippen LogP contribution in [0.2, 0.25) is 0 Å². The lowest BCUT2D eigenvalue weighted by Crippen LogP contribution is -2.46. The topological polar surface area (TPSA) is 59.4 Å². The Bertz CT molecular complexity index is 466. The summed E-state index contributed by atoms with van der Waals surface area (Å²) in [7, 11) is 0. The Labute approximate surface area is 126 Å². The third-order valence-corrected chi connectivity index (χ3v) is 3.70. The number of aromatic nitrogens is 2. The lowest BCUT2D eigenvalue weighted by molar-refractivity contribution is -0.122. The van der Waals surface area contributed by atoms with Crippen LogP contribution in [0.4, 0.5) is 0 Å². The molecule has 0 saturated carbocycles. The Morgan fingerprint density at radius 2 is 2.14 bits per heavy atom. The minimum absolute atomic E-state index is 0.0864. The first kappa shape index (κ1) is 16.0. The van der Waals surface area contributed by atoms with E-state index in [0.717, 1.165) is 44.2 Å². The Hall–Kier alpha value is -1.40. The van der Waals surface area contributed by atoms with Crippen molar-refractivity contribution in [3.05, 3.63) is 17.5 Å². The number of ether oxygens (including phenoxy) is 1. The summed E-state index contributed by atoms with van der Waals surface area (Å²) in [6, 6.07) is 2.19. The molecule has 1 unspecified atom stereocenters. The van der Waals surface area contributed by atoms with Crippen molar-refractivity contribution in [3.63, 3.8) is 0 Å². The monoisotopic (exact) mass is 294 g/mol. The van der Waals surface area contributed by atoms with Gasteiger partial charge in [-0.25, -0.2) is 0 Å². The van der Waals surface area contributed by atoms with Crippen LogP contribution in [-0.4, -0.2) is 59.5 Å². The Morgan fingerprint density at radius 1 is 1.43 bits per heavy atom. The van der Waals surface area contributed by atoms with Gasteiger partial charge in [-0.15, -0.1) is 0 Å². The molecule has 21 heavy (non-hydrogen) atoms. The highest BCUT2D eigenvalue weighted by molar-refractivity contribution is 5.76. The molecule has 118 valence electrons. The third-order valence-electron chi connectivity index (χ3n) is 3.70. The maximum atomic E-state index is 12.0. The Morgan fingerprint density at radius 3 is 2.76 bits per heavy atom. The van der Waals surface area contributed by atoms with Crippen LogP contribution in [-0.2, 0) is 16.1 Å². The molecule has 1 N–H and O–H groups in total. The highest BCUT2D eigenvalue weighted by atomic mass is 16.5. The maximum Gasteiger partial charge on any atom is 0.222 e. The number of nitrogens with one attached hydrogen (secondary N) is 1. The molecule has 6 heteroatoms. The molecule has 1 aromatic heterocycles. The second-order valence-electron chi connectivity index (χ2n) is 5.78. The SMILES string of the molecule is Cc1cc(C)n(CCC(=O)NC(C)CN2CCOCC2)n1. The summed E-state index contributed by atoms with van der Waals surface area (Å²) in [5.41, 5.74) is 2.09. The number of rotatable bonds is 6. The van der Waals surface area contributed by atoms with Crippen LogP contribution in [0, 0.1) is 13.8 Å². The van der Waals surface area contributed by atoms with Gasteiger partial charge in [0.2, 0.25) is 5.91 Å². The third kappa shape index (κ3) is 5.13. The number of morpholine rings is 1. The molecule has 1 aliphatic rings. The van der Waals surface area contributed by atoms with E-state index >= 15 is 0 Å². The van der Waals surface area contributed by atoms with Crippen molar-refractivity contribution < 1.29 is 9.53 Å². The summed E-state index contributed by atoms with van der Waals surface area (Å²) >= 11 is 0. The summed E-state index contributed by atoms with van der Waals surface area (Å²) in [6.07, 6.45) is 0.468. The highest BCUT2D eigenvalue weighted by Crippen LogP contribution is 2.03. The number of aryl methyl sites for hydroxylation is 3. The molecule has 0 aliphatic carbocycles. The second-order valence-corrected chi connectivity index (χ2v) is 5.78. The van der Waals surface area contributed by atoms with Crippen LogP contribution in [0.3, 0.4) is 0 Å². The lowest BCUT2D eigenvalue weighted by Gasteiger charge is -2.29. The molecular formula is C15H26N4O2. The van der Waals surface area contributed by atoms with Crippen molar-refractivity contribution >= 4 is 5.91 Å². The van der Waals surface area contributed by atoms with Crippen molar-refractivity contribution in [2.75, 3.05) is 32.8 Å². The molecule has 1 aliphatic heterocycles. The zero-order valence-corrected chi connectivity index (χ0v) is 13.3. The van der Waals surface area contributed by atoms with E-state index in [4.69, 9.17) is 4.74 Å². The number of amides is 1. The first-order valence-electron chi connectivity index (χ1n) is 7.65. The molecule has 1 amide bonds. The quantitative estimate of drug-likeness (QED) is 0.840.